The summed E-state index contributed by atoms with van der Waals surface area (Å²) in [5.74, 6) is -0.748. The van der Waals surface area contributed by atoms with E-state index in [0.29, 0.717) is 31.8 Å². The molecule has 0 radical (unpaired) electrons. The summed E-state index contributed by atoms with van der Waals surface area (Å²) in [6, 6.07) is 9.38. The van der Waals surface area contributed by atoms with E-state index < -0.39 is 5.82 Å². The zero-order valence-corrected chi connectivity index (χ0v) is 18.3. The fourth-order valence-electron chi connectivity index (χ4n) is 3.05. The van der Waals surface area contributed by atoms with Crippen LogP contribution in [0.4, 0.5) is 10.1 Å². The number of hydrogen-bond donors (Lipinski definition) is 0. The van der Waals surface area contributed by atoms with Gasteiger partial charge in [0.2, 0.25) is 5.91 Å². The molecule has 0 atom stereocenters. The first kappa shape index (κ1) is 20.9. The predicted molar refractivity (Wildman–Crippen MR) is 116 cm³/mol. The van der Waals surface area contributed by atoms with E-state index in [4.69, 9.17) is 22.9 Å². The largest absolute Gasteiger partial charge is 0.454 e. The van der Waals surface area contributed by atoms with E-state index in [9.17, 15) is 4.79 Å². The van der Waals surface area contributed by atoms with E-state index in [-0.39, 0.29) is 29.5 Å². The Morgan fingerprint density at radius 2 is 2.13 bits per heavy atom. The molecule has 0 unspecified atom stereocenters. The number of hydrogen-bond acceptors (Lipinski definition) is 5. The number of halogens is 3. The maximum absolute atomic E-state index is 15.4. The van der Waals surface area contributed by atoms with Crippen LogP contribution in [-0.4, -0.2) is 25.9 Å². The molecular weight excluding hydrogens is 489 g/mol. The van der Waals surface area contributed by atoms with Gasteiger partial charge in [0.1, 0.15) is 5.75 Å². The number of aromatic nitrogens is 4. The Labute approximate surface area is 189 Å². The van der Waals surface area contributed by atoms with Gasteiger partial charge < -0.3 is 4.74 Å². The SMILES string of the molecule is [C-]#[N+]c1cc(Cl)cc(Oc2c(Br)ccc(Cc3nn(C(C)=O)c4nnccc34)c2F)c1. The van der Waals surface area contributed by atoms with Gasteiger partial charge in [-0.25, -0.2) is 9.24 Å². The number of carbonyl (C=O) groups is 1. The van der Waals surface area contributed by atoms with E-state index in [1.165, 1.54) is 31.3 Å². The molecule has 0 aliphatic rings. The van der Waals surface area contributed by atoms with Crippen molar-refractivity contribution in [1.29, 1.82) is 0 Å². The molecule has 0 N–H and O–H groups in total. The third-order valence-electron chi connectivity index (χ3n) is 4.42. The van der Waals surface area contributed by atoms with E-state index in [0.717, 1.165) is 4.68 Å². The van der Waals surface area contributed by atoms with Gasteiger partial charge in [-0.05, 0) is 51.8 Å². The maximum atomic E-state index is 15.4. The lowest BCUT2D eigenvalue weighted by Crippen LogP contribution is -2.09. The van der Waals surface area contributed by atoms with Crippen LogP contribution in [0.2, 0.25) is 5.02 Å². The molecule has 2 aromatic carbocycles. The van der Waals surface area contributed by atoms with Crippen LogP contribution in [-0.2, 0) is 6.42 Å². The van der Waals surface area contributed by atoms with Crippen molar-refractivity contribution in [2.75, 3.05) is 0 Å². The van der Waals surface area contributed by atoms with Gasteiger partial charge in [0.25, 0.3) is 0 Å². The highest BCUT2D eigenvalue weighted by Gasteiger charge is 2.20. The van der Waals surface area contributed by atoms with E-state index in [1.807, 2.05) is 0 Å². The Hall–Kier alpha value is -3.35. The van der Waals surface area contributed by atoms with Crippen molar-refractivity contribution in [1.82, 2.24) is 20.0 Å². The summed E-state index contributed by atoms with van der Waals surface area (Å²) >= 11 is 9.32. The van der Waals surface area contributed by atoms with Crippen molar-refractivity contribution in [2.45, 2.75) is 13.3 Å². The molecule has 0 spiro atoms. The lowest BCUT2D eigenvalue weighted by molar-refractivity contribution is 0.0925. The van der Waals surface area contributed by atoms with Crippen LogP contribution in [0.25, 0.3) is 15.9 Å². The molecule has 2 heterocycles. The molecule has 31 heavy (non-hydrogen) atoms. The zero-order chi connectivity index (χ0) is 22.1. The summed E-state index contributed by atoms with van der Waals surface area (Å²) in [6.45, 7) is 8.50. The number of ether oxygens (including phenoxy) is 1. The van der Waals surface area contributed by atoms with Crippen molar-refractivity contribution in [2.24, 2.45) is 0 Å². The zero-order valence-electron chi connectivity index (χ0n) is 15.9. The number of fused-ring (bicyclic) bond motifs is 1. The molecule has 0 saturated carbocycles. The Kier molecular flexibility index (Phi) is 5.67. The smallest absolute Gasteiger partial charge is 0.245 e. The summed E-state index contributed by atoms with van der Waals surface area (Å²) < 4.78 is 22.6. The molecule has 0 bridgehead atoms. The number of nitrogens with zero attached hydrogens (tertiary/aromatic N) is 5. The second-order valence-corrected chi connectivity index (χ2v) is 7.82. The Morgan fingerprint density at radius 1 is 1.32 bits per heavy atom. The molecule has 0 aliphatic carbocycles. The fourth-order valence-corrected chi connectivity index (χ4v) is 3.66. The maximum Gasteiger partial charge on any atom is 0.245 e. The molecule has 7 nitrogen and oxygen atoms in total. The van der Waals surface area contributed by atoms with Crippen molar-refractivity contribution in [3.05, 3.63) is 80.6 Å². The van der Waals surface area contributed by atoms with Crippen LogP contribution in [0.3, 0.4) is 0 Å². The van der Waals surface area contributed by atoms with Gasteiger partial charge in [0, 0.05) is 23.8 Å². The number of benzene rings is 2. The van der Waals surface area contributed by atoms with Gasteiger partial charge in [-0.1, -0.05) is 17.7 Å². The van der Waals surface area contributed by atoms with Crippen LogP contribution < -0.4 is 4.74 Å². The first-order valence-electron chi connectivity index (χ1n) is 8.90. The molecule has 0 saturated heterocycles. The molecule has 4 rings (SSSR count). The lowest BCUT2D eigenvalue weighted by atomic mass is 10.1. The minimum Gasteiger partial charge on any atom is -0.454 e. The van der Waals surface area contributed by atoms with Crippen molar-refractivity contribution < 1.29 is 13.9 Å². The Morgan fingerprint density at radius 3 is 2.87 bits per heavy atom. The van der Waals surface area contributed by atoms with Gasteiger partial charge in [-0.3, -0.25) is 4.79 Å². The summed E-state index contributed by atoms with van der Waals surface area (Å²) in [5.41, 5.74) is 1.37. The van der Waals surface area contributed by atoms with E-state index >= 15 is 4.39 Å². The molecule has 0 aliphatic heterocycles. The van der Waals surface area contributed by atoms with Crippen molar-refractivity contribution in [3.8, 4) is 11.5 Å². The van der Waals surface area contributed by atoms with Crippen LogP contribution in [0.15, 0.2) is 47.1 Å². The molecule has 0 amide bonds. The second-order valence-electron chi connectivity index (χ2n) is 6.53. The van der Waals surface area contributed by atoms with E-state index in [2.05, 4.69) is 36.1 Å². The minimum absolute atomic E-state index is 0.0502. The Bertz CT molecular complexity index is 1380. The van der Waals surface area contributed by atoms with Crippen LogP contribution in [0, 0.1) is 12.4 Å². The quantitative estimate of drug-likeness (QED) is 0.323. The van der Waals surface area contributed by atoms with Gasteiger partial charge >= 0.3 is 0 Å². The molecule has 154 valence electrons. The van der Waals surface area contributed by atoms with Crippen LogP contribution >= 0.6 is 27.5 Å². The molecule has 10 heteroatoms. The van der Waals surface area contributed by atoms with Gasteiger partial charge in [0.15, 0.2) is 22.9 Å². The average molecular weight is 501 g/mol. The lowest BCUT2D eigenvalue weighted by Gasteiger charge is -2.12. The fraction of sp³-hybridized carbons (Fsp3) is 0.0952. The highest BCUT2D eigenvalue weighted by Crippen LogP contribution is 2.37. The van der Waals surface area contributed by atoms with Gasteiger partial charge in [-0.15, -0.1) is 5.10 Å². The second kappa shape index (κ2) is 8.41. The van der Waals surface area contributed by atoms with Crippen LogP contribution in [0.5, 0.6) is 11.5 Å². The monoisotopic (exact) mass is 499 g/mol. The first-order chi connectivity index (χ1) is 14.9. The topological polar surface area (TPSA) is 74.3 Å². The molecular formula is C21H12BrClFN5O2. The highest BCUT2D eigenvalue weighted by atomic mass is 79.9. The van der Waals surface area contributed by atoms with Gasteiger partial charge in [-0.2, -0.15) is 14.9 Å². The third kappa shape index (κ3) is 4.13. The third-order valence-corrected chi connectivity index (χ3v) is 5.27. The molecule has 4 aromatic rings. The average Bonchev–Trinajstić information content (AvgIpc) is 3.11. The van der Waals surface area contributed by atoms with Crippen LogP contribution in [0.1, 0.15) is 23.0 Å². The predicted octanol–water partition coefficient (Wildman–Crippen LogP) is 5.98. The van der Waals surface area contributed by atoms with Gasteiger partial charge in [0.05, 0.1) is 22.9 Å². The number of rotatable bonds is 4. The standard InChI is InChI=1S/C21H12BrClFN5O2/c1-11(30)29-21-16(5-6-26-27-21)18(28-29)7-12-3-4-17(22)20(19(12)24)31-15-9-13(23)8-14(10-15)25-2/h3-6,8-10H,7H2,1H3. The minimum atomic E-state index is -0.605. The number of carbonyl (C=O) groups excluding carboxylic acids is 1. The summed E-state index contributed by atoms with van der Waals surface area (Å²) in [6.07, 6.45) is 1.58. The normalized spacial score (nSPS) is 10.8. The summed E-state index contributed by atoms with van der Waals surface area (Å²) in [5, 5.41) is 13.0. The Balaban J connectivity index is 1.74. The highest BCUT2D eigenvalue weighted by molar-refractivity contribution is 9.10. The van der Waals surface area contributed by atoms with Crippen molar-refractivity contribution in [3.63, 3.8) is 0 Å². The molecule has 0 fully saturated rings. The summed E-state index contributed by atoms with van der Waals surface area (Å²) in [4.78, 5) is 15.2. The summed E-state index contributed by atoms with van der Waals surface area (Å²) in [7, 11) is 0. The molecule has 2 aromatic heterocycles. The van der Waals surface area contributed by atoms with Crippen molar-refractivity contribution >= 4 is 50.2 Å². The van der Waals surface area contributed by atoms with E-state index in [1.54, 1.807) is 18.2 Å². The first-order valence-corrected chi connectivity index (χ1v) is 10.1.